The summed E-state index contributed by atoms with van der Waals surface area (Å²) >= 11 is 0. The number of nitrogens with zero attached hydrogens (tertiary/aromatic N) is 2. The highest BCUT2D eigenvalue weighted by Gasteiger charge is 2.17. The van der Waals surface area contributed by atoms with Gasteiger partial charge in [-0.1, -0.05) is 48.5 Å². The number of allylic oxidation sites excluding steroid dienone is 5. The largest absolute Gasteiger partial charge is 0.372 e. The van der Waals surface area contributed by atoms with Gasteiger partial charge in [0.25, 0.3) is 0 Å². The Morgan fingerprint density at radius 2 is 1.39 bits per heavy atom. The van der Waals surface area contributed by atoms with Gasteiger partial charge in [0.15, 0.2) is 5.71 Å². The number of hydrogen-bond acceptors (Lipinski definition) is 2. The van der Waals surface area contributed by atoms with Gasteiger partial charge in [-0.3, -0.25) is 0 Å². The molecule has 0 aromatic heterocycles. The molecule has 0 aliphatic heterocycles. The van der Waals surface area contributed by atoms with Crippen LogP contribution in [0.4, 0.5) is 5.69 Å². The first kappa shape index (κ1) is 25.7. The second kappa shape index (κ2) is 12.0. The molecular weight excluding hydrogens is 438 g/mol. The molecule has 0 saturated carbocycles. The van der Waals surface area contributed by atoms with Crippen molar-refractivity contribution in [2.45, 2.75) is 34.2 Å². The summed E-state index contributed by atoms with van der Waals surface area (Å²) in [7, 11) is 2.01. The molecule has 1 aliphatic carbocycles. The smallest absolute Gasteiger partial charge is 0.199 e. The molecule has 3 aromatic rings. The molecule has 3 nitrogen and oxygen atoms in total. The standard InChI is InChI=1S/C33H40N3/c1-6-35(7-2)28-19-14-25(15-20-28)33(26-16-21-29(22-17-26)36(8-3)9-4)32-23-18-27(24-34-5)30-12-10-11-13-31(30)32/h10-23,34H,6-9,24H2,1-5H3/q+1. The lowest BCUT2D eigenvalue weighted by Gasteiger charge is -2.22. The third-order valence-corrected chi connectivity index (χ3v) is 7.22. The van der Waals surface area contributed by atoms with E-state index in [1.807, 2.05) is 7.05 Å². The van der Waals surface area contributed by atoms with Crippen molar-refractivity contribution in [3.63, 3.8) is 0 Å². The zero-order chi connectivity index (χ0) is 25.5. The average molecular weight is 479 g/mol. The Kier molecular flexibility index (Phi) is 8.56. The minimum atomic E-state index is 0.854. The average Bonchev–Trinajstić information content (AvgIpc) is 2.93. The van der Waals surface area contributed by atoms with Gasteiger partial charge in [-0.15, -0.1) is 0 Å². The predicted molar refractivity (Wildman–Crippen MR) is 157 cm³/mol. The Morgan fingerprint density at radius 1 is 0.750 bits per heavy atom. The molecule has 0 atom stereocenters. The molecule has 36 heavy (non-hydrogen) atoms. The van der Waals surface area contributed by atoms with E-state index < -0.39 is 0 Å². The lowest BCUT2D eigenvalue weighted by Crippen LogP contribution is -2.21. The topological polar surface area (TPSA) is 18.3 Å². The van der Waals surface area contributed by atoms with Gasteiger partial charge < -0.3 is 10.2 Å². The van der Waals surface area contributed by atoms with Crippen LogP contribution in [0.3, 0.4) is 0 Å². The van der Waals surface area contributed by atoms with Crippen molar-refractivity contribution in [1.82, 2.24) is 5.32 Å². The highest BCUT2D eigenvalue weighted by molar-refractivity contribution is 6.06. The van der Waals surface area contributed by atoms with Gasteiger partial charge in [0.05, 0.1) is 0 Å². The van der Waals surface area contributed by atoms with E-state index in [0.717, 1.165) is 32.7 Å². The molecule has 0 saturated heterocycles. The molecule has 4 rings (SSSR count). The molecule has 0 radical (unpaired) electrons. The lowest BCUT2D eigenvalue weighted by atomic mass is 9.87. The van der Waals surface area contributed by atoms with E-state index in [4.69, 9.17) is 0 Å². The zero-order valence-corrected chi connectivity index (χ0v) is 22.5. The molecular formula is C33H40N3+. The third kappa shape index (κ3) is 5.22. The molecule has 3 aromatic carbocycles. The van der Waals surface area contributed by atoms with Gasteiger partial charge in [-0.2, -0.15) is 0 Å². The minimum absolute atomic E-state index is 0.854. The Morgan fingerprint density at radius 3 is 1.97 bits per heavy atom. The first-order valence-corrected chi connectivity index (χ1v) is 13.4. The van der Waals surface area contributed by atoms with Crippen molar-refractivity contribution in [1.29, 1.82) is 0 Å². The van der Waals surface area contributed by atoms with Gasteiger partial charge >= 0.3 is 0 Å². The second-order valence-corrected chi connectivity index (χ2v) is 9.16. The van der Waals surface area contributed by atoms with Crippen LogP contribution in [0.25, 0.3) is 16.3 Å². The number of rotatable bonds is 9. The molecule has 0 amide bonds. The number of fused-ring (bicyclic) bond motifs is 1. The van der Waals surface area contributed by atoms with E-state index >= 15 is 0 Å². The molecule has 0 unspecified atom stereocenters. The Bertz CT molecular complexity index is 1290. The summed E-state index contributed by atoms with van der Waals surface area (Å²) in [4.78, 5) is 2.39. The van der Waals surface area contributed by atoms with Crippen LogP contribution >= 0.6 is 0 Å². The first-order valence-electron chi connectivity index (χ1n) is 13.4. The maximum Gasteiger partial charge on any atom is 0.199 e. The van der Waals surface area contributed by atoms with Gasteiger partial charge in [0.2, 0.25) is 0 Å². The summed E-state index contributed by atoms with van der Waals surface area (Å²) in [6.07, 6.45) is 9.11. The van der Waals surface area contributed by atoms with Crippen molar-refractivity contribution >= 4 is 27.7 Å². The number of benzene rings is 3. The highest BCUT2D eigenvalue weighted by atomic mass is 15.1. The van der Waals surface area contributed by atoms with E-state index in [2.05, 4.69) is 127 Å². The van der Waals surface area contributed by atoms with Crippen molar-refractivity contribution in [3.8, 4) is 0 Å². The van der Waals surface area contributed by atoms with Gasteiger partial charge in [0.1, 0.15) is 13.1 Å². The molecule has 0 bridgehead atoms. The quantitative estimate of drug-likeness (QED) is 0.340. The van der Waals surface area contributed by atoms with Crippen LogP contribution in [0.5, 0.6) is 0 Å². The summed E-state index contributed by atoms with van der Waals surface area (Å²) in [5, 5.41) is 5.93. The molecule has 1 N–H and O–H groups in total. The van der Waals surface area contributed by atoms with E-state index in [0.29, 0.717) is 0 Å². The maximum absolute atomic E-state index is 3.33. The highest BCUT2D eigenvalue weighted by Crippen LogP contribution is 2.36. The molecule has 0 heterocycles. The summed E-state index contributed by atoms with van der Waals surface area (Å²) in [6, 6.07) is 22.5. The molecule has 186 valence electrons. The normalized spacial score (nSPS) is 12.9. The molecule has 1 aliphatic rings. The second-order valence-electron chi connectivity index (χ2n) is 9.16. The summed E-state index contributed by atoms with van der Waals surface area (Å²) < 4.78 is 2.39. The Balaban J connectivity index is 1.93. The van der Waals surface area contributed by atoms with E-state index in [1.54, 1.807) is 0 Å². The van der Waals surface area contributed by atoms with Crippen LogP contribution in [-0.2, 0) is 6.54 Å². The predicted octanol–water partition coefficient (Wildman–Crippen LogP) is 6.83. The van der Waals surface area contributed by atoms with E-state index in [1.165, 1.54) is 50.0 Å². The number of hydrogen-bond donors (Lipinski definition) is 1. The maximum atomic E-state index is 3.33. The van der Waals surface area contributed by atoms with E-state index in [-0.39, 0.29) is 0 Å². The van der Waals surface area contributed by atoms with Crippen LogP contribution in [-0.4, -0.2) is 43.5 Å². The Labute approximate surface area is 217 Å². The van der Waals surface area contributed by atoms with Crippen LogP contribution in [0, 0.1) is 0 Å². The van der Waals surface area contributed by atoms with Crippen molar-refractivity contribution < 1.29 is 4.58 Å². The SMILES string of the molecule is CCN(CC)c1ccc(C(=C2C=CC(=[N+](CC)CC)C=C2)c2ccc(CNC)c3ccccc23)cc1. The Hall–Kier alpha value is -3.43. The number of nitrogens with one attached hydrogen (secondary N) is 1. The van der Waals surface area contributed by atoms with Crippen LogP contribution in [0.15, 0.2) is 90.5 Å². The fourth-order valence-corrected chi connectivity index (χ4v) is 5.26. The number of anilines is 1. The van der Waals surface area contributed by atoms with Crippen LogP contribution in [0.2, 0.25) is 0 Å². The van der Waals surface area contributed by atoms with Gasteiger partial charge in [0, 0.05) is 37.5 Å². The van der Waals surface area contributed by atoms with Gasteiger partial charge in [-0.25, -0.2) is 4.58 Å². The van der Waals surface area contributed by atoms with Crippen LogP contribution in [0.1, 0.15) is 44.4 Å². The monoisotopic (exact) mass is 478 g/mol. The molecule has 0 fully saturated rings. The molecule has 0 spiro atoms. The summed E-state index contributed by atoms with van der Waals surface area (Å²) in [5.41, 5.74) is 8.91. The summed E-state index contributed by atoms with van der Waals surface area (Å²) in [6.45, 7) is 13.8. The van der Waals surface area contributed by atoms with Crippen molar-refractivity contribution in [2.24, 2.45) is 0 Å². The van der Waals surface area contributed by atoms with Crippen molar-refractivity contribution in [3.05, 3.63) is 107 Å². The minimum Gasteiger partial charge on any atom is -0.372 e. The first-order chi connectivity index (χ1) is 17.6. The lowest BCUT2D eigenvalue weighted by molar-refractivity contribution is -0.519. The molecule has 3 heteroatoms. The fraction of sp³-hybridized carbons (Fsp3) is 0.303. The van der Waals surface area contributed by atoms with Gasteiger partial charge in [-0.05, 0) is 97.6 Å². The van der Waals surface area contributed by atoms with Crippen molar-refractivity contribution in [2.75, 3.05) is 38.1 Å². The summed E-state index contributed by atoms with van der Waals surface area (Å²) in [5.74, 6) is 0. The fourth-order valence-electron chi connectivity index (χ4n) is 5.26. The van der Waals surface area contributed by atoms with Crippen LogP contribution < -0.4 is 10.2 Å². The third-order valence-electron chi connectivity index (χ3n) is 7.22. The zero-order valence-electron chi connectivity index (χ0n) is 22.5. The van der Waals surface area contributed by atoms with E-state index in [9.17, 15) is 0 Å².